The van der Waals surface area contributed by atoms with Crippen LogP contribution in [0.2, 0.25) is 0 Å². The third kappa shape index (κ3) is 3.01. The number of aromatic nitrogens is 1. The van der Waals surface area contributed by atoms with E-state index in [-0.39, 0.29) is 5.91 Å². The fraction of sp³-hybridized carbons (Fsp3) is 0.0588. The summed E-state index contributed by atoms with van der Waals surface area (Å²) in [4.78, 5) is 16.5. The number of benzene rings is 2. The van der Waals surface area contributed by atoms with Crippen molar-refractivity contribution in [2.24, 2.45) is 0 Å². The van der Waals surface area contributed by atoms with Crippen LogP contribution >= 0.6 is 11.3 Å². The minimum absolute atomic E-state index is 0.0879. The van der Waals surface area contributed by atoms with E-state index >= 15 is 0 Å². The Morgan fingerprint density at radius 3 is 2.52 bits per heavy atom. The number of aryl methyl sites for hydroxylation is 1. The summed E-state index contributed by atoms with van der Waals surface area (Å²) in [6.07, 6.45) is 1.79. The zero-order chi connectivity index (χ0) is 14.7. The number of carbonyl (C=O) groups is 1. The first-order valence-electron chi connectivity index (χ1n) is 6.61. The lowest BCUT2D eigenvalue weighted by Crippen LogP contribution is -2.13. The molecule has 3 nitrogen and oxygen atoms in total. The van der Waals surface area contributed by atoms with Gasteiger partial charge in [-0.15, -0.1) is 11.3 Å². The zero-order valence-electron chi connectivity index (χ0n) is 11.5. The second kappa shape index (κ2) is 5.89. The largest absolute Gasteiger partial charge is 0.322 e. The van der Waals surface area contributed by atoms with Gasteiger partial charge in [0.25, 0.3) is 5.91 Å². The molecule has 3 rings (SSSR count). The fourth-order valence-corrected chi connectivity index (χ4v) is 2.73. The van der Waals surface area contributed by atoms with Crippen molar-refractivity contribution in [2.45, 2.75) is 6.92 Å². The normalized spacial score (nSPS) is 10.3. The van der Waals surface area contributed by atoms with Crippen LogP contribution in [0, 0.1) is 6.92 Å². The van der Waals surface area contributed by atoms with Gasteiger partial charge in [-0.2, -0.15) is 0 Å². The summed E-state index contributed by atoms with van der Waals surface area (Å²) < 4.78 is 0. The molecular weight excluding hydrogens is 280 g/mol. The van der Waals surface area contributed by atoms with Gasteiger partial charge >= 0.3 is 0 Å². The Morgan fingerprint density at radius 1 is 1.10 bits per heavy atom. The van der Waals surface area contributed by atoms with Crippen molar-refractivity contribution in [2.75, 3.05) is 5.32 Å². The third-order valence-corrected chi connectivity index (χ3v) is 4.03. The van der Waals surface area contributed by atoms with Crippen LogP contribution in [0.15, 0.2) is 60.1 Å². The molecule has 0 atom stereocenters. The maximum absolute atomic E-state index is 12.2. The van der Waals surface area contributed by atoms with Crippen molar-refractivity contribution in [3.63, 3.8) is 0 Å². The molecule has 1 heterocycles. The minimum atomic E-state index is -0.0879. The second-order valence-electron chi connectivity index (χ2n) is 4.68. The molecule has 0 saturated carbocycles. The highest BCUT2D eigenvalue weighted by atomic mass is 32.1. The molecule has 4 heteroatoms. The predicted molar refractivity (Wildman–Crippen MR) is 86.7 cm³/mol. The highest BCUT2D eigenvalue weighted by Gasteiger charge is 2.08. The van der Waals surface area contributed by atoms with E-state index in [4.69, 9.17) is 0 Å². The second-order valence-corrected chi connectivity index (χ2v) is 5.58. The smallest absolute Gasteiger partial charge is 0.255 e. The lowest BCUT2D eigenvalue weighted by molar-refractivity contribution is 0.102. The average molecular weight is 294 g/mol. The molecule has 3 aromatic rings. The van der Waals surface area contributed by atoms with Gasteiger partial charge in [0.15, 0.2) is 0 Å². The van der Waals surface area contributed by atoms with Crippen LogP contribution in [0.3, 0.4) is 0 Å². The standard InChI is InChI=1S/C17H14N2OS/c1-12-4-2-3-5-15(12)16(20)19-14-8-6-13(7-9-14)17-18-10-11-21-17/h2-11H,1H3,(H,19,20). The number of anilines is 1. The summed E-state index contributed by atoms with van der Waals surface area (Å²) in [5, 5.41) is 5.84. The van der Waals surface area contributed by atoms with Crippen molar-refractivity contribution in [1.29, 1.82) is 0 Å². The zero-order valence-corrected chi connectivity index (χ0v) is 12.4. The summed E-state index contributed by atoms with van der Waals surface area (Å²) in [5.74, 6) is -0.0879. The summed E-state index contributed by atoms with van der Waals surface area (Å²) >= 11 is 1.60. The lowest BCUT2D eigenvalue weighted by Gasteiger charge is -2.08. The van der Waals surface area contributed by atoms with Crippen LogP contribution in [-0.2, 0) is 0 Å². The number of rotatable bonds is 3. The van der Waals surface area contributed by atoms with Crippen LogP contribution in [-0.4, -0.2) is 10.9 Å². The molecule has 104 valence electrons. The summed E-state index contributed by atoms with van der Waals surface area (Å²) in [7, 11) is 0. The number of carbonyl (C=O) groups excluding carboxylic acids is 1. The van der Waals surface area contributed by atoms with Crippen LogP contribution in [0.25, 0.3) is 10.6 Å². The average Bonchev–Trinajstić information content (AvgIpc) is 3.02. The number of hydrogen-bond donors (Lipinski definition) is 1. The van der Waals surface area contributed by atoms with E-state index in [0.29, 0.717) is 5.56 Å². The predicted octanol–water partition coefficient (Wildman–Crippen LogP) is 4.37. The van der Waals surface area contributed by atoms with Gasteiger partial charge in [-0.05, 0) is 42.8 Å². The minimum Gasteiger partial charge on any atom is -0.322 e. The van der Waals surface area contributed by atoms with Crippen molar-refractivity contribution in [3.05, 3.63) is 71.2 Å². The fourth-order valence-electron chi connectivity index (χ4n) is 2.09. The van der Waals surface area contributed by atoms with Gasteiger partial charge in [0.2, 0.25) is 0 Å². The Kier molecular flexibility index (Phi) is 3.79. The number of amides is 1. The van der Waals surface area contributed by atoms with E-state index < -0.39 is 0 Å². The lowest BCUT2D eigenvalue weighted by atomic mass is 10.1. The quantitative estimate of drug-likeness (QED) is 0.779. The van der Waals surface area contributed by atoms with Gasteiger partial charge < -0.3 is 5.32 Å². The summed E-state index contributed by atoms with van der Waals surface area (Å²) in [5.41, 5.74) is 3.50. The topological polar surface area (TPSA) is 42.0 Å². The maximum atomic E-state index is 12.2. The Labute approximate surface area is 127 Å². The Balaban J connectivity index is 1.77. The molecule has 1 aromatic heterocycles. The Hall–Kier alpha value is -2.46. The number of hydrogen-bond acceptors (Lipinski definition) is 3. The molecule has 0 radical (unpaired) electrons. The van der Waals surface area contributed by atoms with E-state index in [1.807, 2.05) is 60.8 Å². The van der Waals surface area contributed by atoms with E-state index in [2.05, 4.69) is 10.3 Å². The van der Waals surface area contributed by atoms with Crippen LogP contribution in [0.5, 0.6) is 0 Å². The van der Waals surface area contributed by atoms with Gasteiger partial charge in [-0.25, -0.2) is 4.98 Å². The molecular formula is C17H14N2OS. The van der Waals surface area contributed by atoms with Gasteiger partial charge in [-0.3, -0.25) is 4.79 Å². The number of nitrogens with zero attached hydrogens (tertiary/aromatic N) is 1. The molecule has 0 aliphatic carbocycles. The first-order valence-corrected chi connectivity index (χ1v) is 7.49. The van der Waals surface area contributed by atoms with Crippen LogP contribution < -0.4 is 5.32 Å². The highest BCUT2D eigenvalue weighted by Crippen LogP contribution is 2.23. The van der Waals surface area contributed by atoms with Crippen molar-refractivity contribution in [3.8, 4) is 10.6 Å². The van der Waals surface area contributed by atoms with Crippen molar-refractivity contribution < 1.29 is 4.79 Å². The van der Waals surface area contributed by atoms with Gasteiger partial charge in [0.05, 0.1) is 0 Å². The van der Waals surface area contributed by atoms with Crippen LogP contribution in [0.1, 0.15) is 15.9 Å². The first kappa shape index (κ1) is 13.5. The molecule has 0 spiro atoms. The molecule has 21 heavy (non-hydrogen) atoms. The van der Waals surface area contributed by atoms with Gasteiger partial charge in [0.1, 0.15) is 5.01 Å². The van der Waals surface area contributed by atoms with Crippen LogP contribution in [0.4, 0.5) is 5.69 Å². The van der Waals surface area contributed by atoms with Crippen molar-refractivity contribution >= 4 is 22.9 Å². The molecule has 0 aliphatic rings. The monoisotopic (exact) mass is 294 g/mol. The van der Waals surface area contributed by atoms with Gasteiger partial charge in [0, 0.05) is 28.4 Å². The van der Waals surface area contributed by atoms with E-state index in [1.165, 1.54) is 0 Å². The molecule has 1 amide bonds. The third-order valence-electron chi connectivity index (χ3n) is 3.21. The van der Waals surface area contributed by atoms with E-state index in [1.54, 1.807) is 17.5 Å². The summed E-state index contributed by atoms with van der Waals surface area (Å²) in [6, 6.07) is 15.3. The molecule has 0 aliphatic heterocycles. The van der Waals surface area contributed by atoms with Crippen molar-refractivity contribution in [1.82, 2.24) is 4.98 Å². The SMILES string of the molecule is Cc1ccccc1C(=O)Nc1ccc(-c2nccs2)cc1. The molecule has 0 saturated heterocycles. The Morgan fingerprint density at radius 2 is 1.86 bits per heavy atom. The van der Waals surface area contributed by atoms with Gasteiger partial charge in [-0.1, -0.05) is 18.2 Å². The highest BCUT2D eigenvalue weighted by molar-refractivity contribution is 7.13. The van der Waals surface area contributed by atoms with E-state index in [0.717, 1.165) is 21.8 Å². The molecule has 1 N–H and O–H groups in total. The molecule has 2 aromatic carbocycles. The number of thiazole rings is 1. The molecule has 0 bridgehead atoms. The molecule has 0 unspecified atom stereocenters. The maximum Gasteiger partial charge on any atom is 0.255 e. The number of nitrogens with one attached hydrogen (secondary N) is 1. The molecule has 0 fully saturated rings. The first-order chi connectivity index (χ1) is 10.2. The summed E-state index contributed by atoms with van der Waals surface area (Å²) in [6.45, 7) is 1.93. The Bertz CT molecular complexity index is 749. The van der Waals surface area contributed by atoms with E-state index in [9.17, 15) is 4.79 Å².